The first-order valence-corrected chi connectivity index (χ1v) is 14.0. The van der Waals surface area contributed by atoms with Gasteiger partial charge in [0, 0.05) is 37.8 Å². The molecule has 0 bridgehead atoms. The van der Waals surface area contributed by atoms with Crippen LogP contribution in [0.3, 0.4) is 0 Å². The van der Waals surface area contributed by atoms with Crippen LogP contribution >= 0.6 is 0 Å². The molecule has 1 unspecified atom stereocenters. The van der Waals surface area contributed by atoms with Crippen LogP contribution in [0.1, 0.15) is 35.5 Å². The summed E-state index contributed by atoms with van der Waals surface area (Å²) in [6, 6.07) is 22.1. The fraction of sp³-hybridized carbons (Fsp3) is 0.312. The molecule has 1 fully saturated rings. The van der Waals surface area contributed by atoms with Crippen LogP contribution in [-0.4, -0.2) is 78.8 Å². The van der Waals surface area contributed by atoms with E-state index in [2.05, 4.69) is 15.1 Å². The van der Waals surface area contributed by atoms with Gasteiger partial charge in [-0.15, -0.1) is 10.2 Å². The fourth-order valence-electron chi connectivity index (χ4n) is 5.13. The molecule has 2 aromatic carbocycles. The summed E-state index contributed by atoms with van der Waals surface area (Å²) in [5.41, 5.74) is 2.46. The van der Waals surface area contributed by atoms with Gasteiger partial charge >= 0.3 is 0 Å². The molecule has 0 spiro atoms. The van der Waals surface area contributed by atoms with E-state index in [0.29, 0.717) is 36.8 Å². The lowest BCUT2D eigenvalue weighted by atomic mass is 10.1. The van der Waals surface area contributed by atoms with Gasteiger partial charge in [-0.25, -0.2) is 0 Å². The number of rotatable bonds is 9. The van der Waals surface area contributed by atoms with Gasteiger partial charge in [-0.3, -0.25) is 9.59 Å². The van der Waals surface area contributed by atoms with Crippen molar-refractivity contribution in [2.75, 3.05) is 51.8 Å². The Morgan fingerprint density at radius 3 is 2.45 bits per heavy atom. The summed E-state index contributed by atoms with van der Waals surface area (Å²) in [4.78, 5) is 32.5. The number of aromatic nitrogens is 2. The molecular formula is C32H35N5O5. The maximum Gasteiger partial charge on any atom is 0.290 e. The van der Waals surface area contributed by atoms with Crippen LogP contribution in [0.4, 0.5) is 5.82 Å². The Balaban J connectivity index is 1.26. The summed E-state index contributed by atoms with van der Waals surface area (Å²) in [5, 5.41) is 8.95. The van der Waals surface area contributed by atoms with Gasteiger partial charge < -0.3 is 28.6 Å². The summed E-state index contributed by atoms with van der Waals surface area (Å²) in [6.07, 6.45) is 2.23. The average Bonchev–Trinajstić information content (AvgIpc) is 3.47. The van der Waals surface area contributed by atoms with Crippen LogP contribution in [-0.2, 0) is 4.79 Å². The van der Waals surface area contributed by atoms with Crippen LogP contribution in [0.15, 0.2) is 83.5 Å². The highest BCUT2D eigenvalue weighted by Gasteiger charge is 2.29. The van der Waals surface area contributed by atoms with E-state index in [1.807, 2.05) is 72.5 Å². The standard InChI is InChI=1S/C32H35N5O5/c1-23(24-9-5-4-6-10-24)37(32(39)28-11-7-20-42-28)22-31(38)36-17-8-16-35(18-19-36)30-15-14-27(33-34-30)26-13-12-25(40-2)21-29(26)41-3/h4-7,9-15,20-21,23H,8,16-19,22H2,1-3H3. The molecule has 0 saturated carbocycles. The Labute approximate surface area is 245 Å². The van der Waals surface area contributed by atoms with E-state index in [4.69, 9.17) is 13.9 Å². The van der Waals surface area contributed by atoms with Crippen LogP contribution in [0.2, 0.25) is 0 Å². The van der Waals surface area contributed by atoms with Crippen molar-refractivity contribution in [1.82, 2.24) is 20.0 Å². The number of hydrogen-bond acceptors (Lipinski definition) is 8. The Kier molecular flexibility index (Phi) is 9.01. The molecule has 2 aromatic heterocycles. The minimum atomic E-state index is -0.315. The lowest BCUT2D eigenvalue weighted by Crippen LogP contribution is -2.45. The lowest BCUT2D eigenvalue weighted by molar-refractivity contribution is -0.132. The summed E-state index contributed by atoms with van der Waals surface area (Å²) in [7, 11) is 3.22. The third-order valence-electron chi connectivity index (χ3n) is 7.56. The zero-order chi connectivity index (χ0) is 29.5. The van der Waals surface area contributed by atoms with E-state index in [-0.39, 0.29) is 30.2 Å². The molecule has 0 N–H and O–H groups in total. The van der Waals surface area contributed by atoms with Crippen LogP contribution < -0.4 is 14.4 Å². The lowest BCUT2D eigenvalue weighted by Gasteiger charge is -2.31. The summed E-state index contributed by atoms with van der Waals surface area (Å²) < 4.78 is 16.2. The van der Waals surface area contributed by atoms with Gasteiger partial charge in [0.1, 0.15) is 18.0 Å². The van der Waals surface area contributed by atoms with Gasteiger partial charge in [0.15, 0.2) is 11.6 Å². The molecule has 1 atom stereocenters. The van der Waals surface area contributed by atoms with Crippen LogP contribution in [0.5, 0.6) is 11.5 Å². The normalized spacial score (nSPS) is 14.2. The molecule has 10 nitrogen and oxygen atoms in total. The molecule has 1 saturated heterocycles. The molecular weight excluding hydrogens is 534 g/mol. The smallest absolute Gasteiger partial charge is 0.290 e. The number of anilines is 1. The number of furan rings is 1. The van der Waals surface area contributed by atoms with Gasteiger partial charge in [-0.05, 0) is 55.3 Å². The molecule has 10 heteroatoms. The van der Waals surface area contributed by atoms with Crippen molar-refractivity contribution in [3.63, 3.8) is 0 Å². The molecule has 0 radical (unpaired) electrons. The van der Waals surface area contributed by atoms with Crippen molar-refractivity contribution in [3.05, 3.63) is 90.4 Å². The first kappa shape index (κ1) is 28.7. The Morgan fingerprint density at radius 1 is 0.929 bits per heavy atom. The predicted octanol–water partition coefficient (Wildman–Crippen LogP) is 4.70. The quantitative estimate of drug-likeness (QED) is 0.286. The summed E-state index contributed by atoms with van der Waals surface area (Å²) in [5.74, 6) is 1.89. The SMILES string of the molecule is COc1ccc(-c2ccc(N3CCCN(C(=O)CN(C(=O)c4ccco4)C(C)c4ccccc4)CC3)nn2)c(OC)c1. The Morgan fingerprint density at radius 2 is 1.76 bits per heavy atom. The minimum absolute atomic E-state index is 0.0478. The van der Waals surface area contributed by atoms with E-state index < -0.39 is 0 Å². The number of hydrogen-bond donors (Lipinski definition) is 0. The highest BCUT2D eigenvalue weighted by molar-refractivity contribution is 5.94. The van der Waals surface area contributed by atoms with E-state index in [1.54, 1.807) is 31.3 Å². The highest BCUT2D eigenvalue weighted by Crippen LogP contribution is 2.32. The van der Waals surface area contributed by atoms with Crippen molar-refractivity contribution >= 4 is 17.6 Å². The average molecular weight is 570 g/mol. The van der Waals surface area contributed by atoms with Gasteiger partial charge in [0.05, 0.1) is 32.2 Å². The van der Waals surface area contributed by atoms with Crippen molar-refractivity contribution < 1.29 is 23.5 Å². The topological polar surface area (TPSA) is 101 Å². The third-order valence-corrected chi connectivity index (χ3v) is 7.56. The molecule has 0 aliphatic carbocycles. The minimum Gasteiger partial charge on any atom is -0.497 e. The summed E-state index contributed by atoms with van der Waals surface area (Å²) >= 11 is 0. The van der Waals surface area contributed by atoms with Crippen LogP contribution in [0.25, 0.3) is 11.3 Å². The third kappa shape index (κ3) is 6.38. The summed E-state index contributed by atoms with van der Waals surface area (Å²) in [6.45, 7) is 4.32. The molecule has 2 amide bonds. The first-order chi connectivity index (χ1) is 20.5. The van der Waals surface area contributed by atoms with Crippen LogP contribution in [0, 0.1) is 0 Å². The van der Waals surface area contributed by atoms with E-state index in [1.165, 1.54) is 6.26 Å². The van der Waals surface area contributed by atoms with E-state index >= 15 is 0 Å². The largest absolute Gasteiger partial charge is 0.497 e. The number of benzene rings is 2. The molecule has 218 valence electrons. The second-order valence-corrected chi connectivity index (χ2v) is 10.1. The number of carbonyl (C=O) groups excluding carboxylic acids is 2. The number of methoxy groups -OCH3 is 2. The van der Waals surface area contributed by atoms with E-state index in [9.17, 15) is 9.59 Å². The molecule has 42 heavy (non-hydrogen) atoms. The Bertz CT molecular complexity index is 1480. The molecule has 1 aliphatic rings. The zero-order valence-corrected chi connectivity index (χ0v) is 24.1. The maximum atomic E-state index is 13.6. The van der Waals surface area contributed by atoms with Gasteiger partial charge in [-0.1, -0.05) is 30.3 Å². The number of ether oxygens (including phenoxy) is 2. The first-order valence-electron chi connectivity index (χ1n) is 14.0. The van der Waals surface area contributed by atoms with Gasteiger partial charge in [0.2, 0.25) is 5.91 Å². The van der Waals surface area contributed by atoms with Crippen molar-refractivity contribution in [2.24, 2.45) is 0 Å². The van der Waals surface area contributed by atoms with Crippen molar-refractivity contribution in [2.45, 2.75) is 19.4 Å². The number of amides is 2. The van der Waals surface area contributed by atoms with Gasteiger partial charge in [0.25, 0.3) is 5.91 Å². The molecule has 4 aromatic rings. The molecule has 5 rings (SSSR count). The second-order valence-electron chi connectivity index (χ2n) is 10.1. The molecule has 3 heterocycles. The van der Waals surface area contributed by atoms with Gasteiger partial charge in [-0.2, -0.15) is 0 Å². The predicted molar refractivity (Wildman–Crippen MR) is 159 cm³/mol. The van der Waals surface area contributed by atoms with Crippen molar-refractivity contribution in [3.8, 4) is 22.8 Å². The monoisotopic (exact) mass is 569 g/mol. The maximum absolute atomic E-state index is 13.6. The fourth-order valence-corrected chi connectivity index (χ4v) is 5.13. The second kappa shape index (κ2) is 13.2. The van der Waals surface area contributed by atoms with E-state index in [0.717, 1.165) is 29.9 Å². The zero-order valence-electron chi connectivity index (χ0n) is 24.1. The highest BCUT2D eigenvalue weighted by atomic mass is 16.5. The number of carbonyl (C=O) groups is 2. The van der Waals surface area contributed by atoms with Crippen molar-refractivity contribution in [1.29, 1.82) is 0 Å². The Hall–Kier alpha value is -4.86. The number of nitrogens with zero attached hydrogens (tertiary/aromatic N) is 5. The molecule has 1 aliphatic heterocycles.